The summed E-state index contributed by atoms with van der Waals surface area (Å²) in [5.41, 5.74) is 0. The van der Waals surface area contributed by atoms with Gasteiger partial charge >= 0.3 is 45.6 Å². The van der Waals surface area contributed by atoms with E-state index in [0.717, 1.165) is 0 Å². The molecule has 0 aliphatic carbocycles. The molecular weight excluding hydrogens is 245 g/mol. The van der Waals surface area contributed by atoms with Crippen LogP contribution in [0.5, 0.6) is 0 Å². The van der Waals surface area contributed by atoms with Gasteiger partial charge in [-0.05, 0) is 0 Å². The molecule has 0 aromatic rings. The van der Waals surface area contributed by atoms with Crippen LogP contribution in [0.15, 0.2) is 0 Å². The molecule has 2 N–H and O–H groups in total. The molecule has 0 atom stereocenters. The van der Waals surface area contributed by atoms with Gasteiger partial charge in [0, 0.05) is 0 Å². The summed E-state index contributed by atoms with van der Waals surface area (Å²) in [7, 11) is 1.50. The quantitative estimate of drug-likeness (QED) is 0.400. The molecule has 0 aliphatic heterocycles. The Kier molecular flexibility index (Phi) is 12.1. The van der Waals surface area contributed by atoms with Gasteiger partial charge < -0.3 is 14.3 Å². The van der Waals surface area contributed by atoms with Crippen molar-refractivity contribution in [1.82, 2.24) is 0 Å². The monoisotopic (exact) mass is 262 g/mol. The van der Waals surface area contributed by atoms with Gasteiger partial charge in [0.25, 0.3) is 0 Å². The molecule has 0 unspecified atom stereocenters. The number of phosphoric acid groups is 1. The zero-order valence-corrected chi connectivity index (χ0v) is 9.14. The molecule has 0 heterocycles. The summed E-state index contributed by atoms with van der Waals surface area (Å²) in [6.07, 6.45) is 0. The summed E-state index contributed by atoms with van der Waals surface area (Å²) in [6, 6.07) is 0. The molecule has 0 rings (SSSR count). The molecule has 13 heavy (non-hydrogen) atoms. The number of quaternary nitrogens is 1. The van der Waals surface area contributed by atoms with E-state index in [4.69, 9.17) is 9.79 Å². The molecule has 0 radical (unpaired) electrons. The number of rotatable bonds is 4. The van der Waals surface area contributed by atoms with Crippen molar-refractivity contribution >= 4 is 58.0 Å². The molecule has 0 saturated heterocycles. The molecule has 0 aromatic carbocycles. The Hall–Kier alpha value is 1.62. The van der Waals surface area contributed by atoms with Crippen molar-refractivity contribution in [1.29, 1.82) is 0 Å². The Labute approximate surface area is 115 Å². The van der Waals surface area contributed by atoms with E-state index in [-0.39, 0.29) is 56.8 Å². The molecule has 0 spiro atoms. The Bertz CT molecular complexity index is 168. The Morgan fingerprint density at radius 1 is 1.31 bits per heavy atom. The minimum atomic E-state index is -4.26. The van der Waals surface area contributed by atoms with Crippen LogP contribution in [0.1, 0.15) is 0 Å². The predicted molar refractivity (Wildman–Crippen MR) is 56.7 cm³/mol. The van der Waals surface area contributed by atoms with Crippen LogP contribution in [0, 0.1) is 0 Å². The van der Waals surface area contributed by atoms with Crippen LogP contribution in [0.3, 0.4) is 0 Å². The van der Waals surface area contributed by atoms with Gasteiger partial charge in [0.15, 0.2) is 0 Å². The Morgan fingerprint density at radius 2 is 1.69 bits per heavy atom. The molecule has 0 aliphatic rings. The molecular formula is C5H18CaClNO4P+. The van der Waals surface area contributed by atoms with E-state index in [9.17, 15) is 4.57 Å². The number of hydrogen-bond donors (Lipinski definition) is 2. The van der Waals surface area contributed by atoms with Gasteiger partial charge in [-0.3, -0.25) is 4.52 Å². The number of hydrogen-bond acceptors (Lipinski definition) is 2. The molecule has 0 aromatic heterocycles. The molecule has 0 saturated carbocycles. The molecule has 5 nitrogen and oxygen atoms in total. The van der Waals surface area contributed by atoms with E-state index in [1.165, 1.54) is 0 Å². The zero-order valence-electron chi connectivity index (χ0n) is 7.43. The third-order valence-corrected chi connectivity index (χ3v) is 1.54. The van der Waals surface area contributed by atoms with Crippen LogP contribution < -0.4 is 0 Å². The maximum absolute atomic E-state index is 10.2. The Morgan fingerprint density at radius 3 is 1.92 bits per heavy atom. The zero-order chi connectivity index (χ0) is 9.12. The Balaban J connectivity index is -0.000000500. The normalized spacial score (nSPS) is 11.5. The summed E-state index contributed by atoms with van der Waals surface area (Å²) in [5.74, 6) is 0. The van der Waals surface area contributed by atoms with Crippen LogP contribution in [0.2, 0.25) is 0 Å². The van der Waals surface area contributed by atoms with Crippen molar-refractivity contribution in [2.45, 2.75) is 0 Å². The first-order chi connectivity index (χ1) is 4.71. The van der Waals surface area contributed by atoms with Gasteiger partial charge in [-0.15, -0.1) is 12.4 Å². The van der Waals surface area contributed by atoms with Crippen molar-refractivity contribution in [2.75, 3.05) is 34.3 Å². The number of nitrogens with zero attached hydrogens (tertiary/aromatic N) is 1. The van der Waals surface area contributed by atoms with Crippen molar-refractivity contribution in [3.63, 3.8) is 0 Å². The van der Waals surface area contributed by atoms with Gasteiger partial charge in [0.05, 0.1) is 21.1 Å². The number of phosphoric ester groups is 1. The van der Waals surface area contributed by atoms with Gasteiger partial charge in [0.1, 0.15) is 13.2 Å². The van der Waals surface area contributed by atoms with E-state index in [1.807, 2.05) is 21.1 Å². The molecule has 0 bridgehead atoms. The first kappa shape index (κ1) is 20.1. The average molecular weight is 263 g/mol. The summed E-state index contributed by atoms with van der Waals surface area (Å²) in [6.45, 7) is 0.652. The summed E-state index contributed by atoms with van der Waals surface area (Å²) < 4.78 is 15.1. The standard InChI is InChI=1S/C5H14NO4P.Ca.ClH.2H/c1-6(2,3)4-5-10-11(7,8)9;;;;/h4-5H2,1-3H3,(H-,7,8,9);;1H;;/p+1. The fraction of sp³-hybridized carbons (Fsp3) is 1.00. The van der Waals surface area contributed by atoms with Crippen LogP contribution in [-0.4, -0.2) is 86.3 Å². The average Bonchev–Trinajstić information content (AvgIpc) is 1.55. The minimum absolute atomic E-state index is 0. The summed E-state index contributed by atoms with van der Waals surface area (Å²) >= 11 is 0. The van der Waals surface area contributed by atoms with Crippen molar-refractivity contribution < 1.29 is 23.4 Å². The van der Waals surface area contributed by atoms with E-state index >= 15 is 0 Å². The van der Waals surface area contributed by atoms with Gasteiger partial charge in [-0.2, -0.15) is 0 Å². The van der Waals surface area contributed by atoms with Crippen molar-refractivity contribution in [3.05, 3.63) is 0 Å². The topological polar surface area (TPSA) is 66.8 Å². The third kappa shape index (κ3) is 19.9. The fourth-order valence-electron chi connectivity index (χ4n) is 0.434. The first-order valence-electron chi connectivity index (χ1n) is 3.21. The maximum atomic E-state index is 10.2. The second-order valence-corrected chi connectivity index (χ2v) is 4.58. The van der Waals surface area contributed by atoms with E-state index in [1.54, 1.807) is 0 Å². The van der Waals surface area contributed by atoms with Crippen LogP contribution in [0.25, 0.3) is 0 Å². The van der Waals surface area contributed by atoms with Gasteiger partial charge in [0.2, 0.25) is 0 Å². The first-order valence-corrected chi connectivity index (χ1v) is 4.74. The second-order valence-electron chi connectivity index (χ2n) is 3.34. The van der Waals surface area contributed by atoms with Crippen LogP contribution in [-0.2, 0) is 9.09 Å². The van der Waals surface area contributed by atoms with E-state index in [2.05, 4.69) is 4.52 Å². The molecule has 8 heteroatoms. The number of likely N-dealkylation sites (N-methyl/N-ethyl adjacent to an activating group) is 1. The van der Waals surface area contributed by atoms with Gasteiger partial charge in [-0.1, -0.05) is 0 Å². The predicted octanol–water partition coefficient (Wildman–Crippen LogP) is -0.693. The molecule has 80 valence electrons. The van der Waals surface area contributed by atoms with Crippen molar-refractivity contribution in [3.8, 4) is 0 Å². The van der Waals surface area contributed by atoms with Crippen LogP contribution in [0.4, 0.5) is 0 Å². The van der Waals surface area contributed by atoms with Crippen molar-refractivity contribution in [2.24, 2.45) is 0 Å². The van der Waals surface area contributed by atoms with E-state index in [0.29, 0.717) is 11.0 Å². The summed E-state index contributed by atoms with van der Waals surface area (Å²) in [5, 5.41) is 0. The molecule has 0 amide bonds. The second kappa shape index (κ2) is 7.85. The third-order valence-electron chi connectivity index (χ3n) is 1.02. The fourth-order valence-corrected chi connectivity index (χ4v) is 0.753. The summed E-state index contributed by atoms with van der Waals surface area (Å²) in [4.78, 5) is 16.6. The number of halogens is 1. The van der Waals surface area contributed by atoms with E-state index < -0.39 is 7.82 Å². The van der Waals surface area contributed by atoms with Crippen LogP contribution >= 0.6 is 20.2 Å². The molecule has 0 fully saturated rings. The van der Waals surface area contributed by atoms with Gasteiger partial charge in [-0.25, -0.2) is 4.57 Å². The SMILES string of the molecule is C[N+](C)(C)CCOP(=O)(O)O.Cl.[CaH2].